The highest BCUT2D eigenvalue weighted by Gasteiger charge is 2.27. The minimum absolute atomic E-state index is 0.0706. The third kappa shape index (κ3) is 12.6. The van der Waals surface area contributed by atoms with Gasteiger partial charge in [-0.1, -0.05) is 13.8 Å². The molecule has 0 heterocycles. The quantitative estimate of drug-likeness (QED) is 0.643. The topological polar surface area (TPSA) is 83.5 Å². The lowest BCUT2D eigenvalue weighted by Gasteiger charge is -2.18. The molecule has 21 heavy (non-hydrogen) atoms. The van der Waals surface area contributed by atoms with Crippen molar-refractivity contribution in [3.05, 3.63) is 0 Å². The van der Waals surface area contributed by atoms with Crippen molar-refractivity contribution >= 4 is 16.0 Å². The number of carboxylic acid groups (broad SMARTS) is 1. The first kappa shape index (κ1) is 20.2. The molecule has 0 saturated heterocycles. The van der Waals surface area contributed by atoms with Crippen molar-refractivity contribution in [3.8, 4) is 0 Å². The first-order chi connectivity index (χ1) is 9.41. The molecule has 0 amide bonds. The van der Waals surface area contributed by atoms with E-state index >= 15 is 0 Å². The standard InChI is InChI=1S/C12H22F3NO4S/c1-9(2)6-10(7-11(17)18)8-16-21(19,20)5-3-4-12(13,14)15/h9-10,16H,3-8H2,1-2H3,(H,17,18). The van der Waals surface area contributed by atoms with E-state index in [0.717, 1.165) is 0 Å². The second kappa shape index (κ2) is 8.57. The molecule has 9 heteroatoms. The highest BCUT2D eigenvalue weighted by molar-refractivity contribution is 7.89. The van der Waals surface area contributed by atoms with Crippen molar-refractivity contribution in [1.29, 1.82) is 0 Å². The van der Waals surface area contributed by atoms with Gasteiger partial charge in [0, 0.05) is 19.4 Å². The number of aliphatic carboxylic acids is 1. The Morgan fingerprint density at radius 3 is 2.29 bits per heavy atom. The van der Waals surface area contributed by atoms with Gasteiger partial charge < -0.3 is 5.11 Å². The molecule has 0 rings (SSSR count). The smallest absolute Gasteiger partial charge is 0.389 e. The molecule has 2 N–H and O–H groups in total. The lowest BCUT2D eigenvalue weighted by Crippen LogP contribution is -2.33. The van der Waals surface area contributed by atoms with Crippen LogP contribution in [-0.2, 0) is 14.8 Å². The number of nitrogens with one attached hydrogen (secondary N) is 1. The van der Waals surface area contributed by atoms with Gasteiger partial charge in [0.2, 0.25) is 10.0 Å². The van der Waals surface area contributed by atoms with Crippen molar-refractivity contribution in [2.75, 3.05) is 12.3 Å². The normalized spacial score (nSPS) is 14.4. The Kier molecular flexibility index (Phi) is 8.23. The number of carbonyl (C=O) groups is 1. The average molecular weight is 333 g/mol. The summed E-state index contributed by atoms with van der Waals surface area (Å²) in [5, 5.41) is 8.75. The fraction of sp³-hybridized carbons (Fsp3) is 0.917. The lowest BCUT2D eigenvalue weighted by molar-refractivity contribution is -0.138. The summed E-state index contributed by atoms with van der Waals surface area (Å²) in [6.07, 6.45) is -5.69. The first-order valence-electron chi connectivity index (χ1n) is 6.67. The van der Waals surface area contributed by atoms with Crippen molar-refractivity contribution in [1.82, 2.24) is 4.72 Å². The SMILES string of the molecule is CC(C)CC(CNS(=O)(=O)CCCC(F)(F)F)CC(=O)O. The molecule has 0 aromatic carbocycles. The molecule has 0 spiro atoms. The summed E-state index contributed by atoms with van der Waals surface area (Å²) < 4.78 is 61.2. The van der Waals surface area contributed by atoms with E-state index < -0.39 is 40.8 Å². The molecule has 0 aliphatic rings. The van der Waals surface area contributed by atoms with Gasteiger partial charge in [-0.25, -0.2) is 13.1 Å². The second-order valence-electron chi connectivity index (χ2n) is 5.48. The van der Waals surface area contributed by atoms with Crippen molar-refractivity contribution in [2.24, 2.45) is 11.8 Å². The van der Waals surface area contributed by atoms with Gasteiger partial charge in [-0.3, -0.25) is 4.79 Å². The summed E-state index contributed by atoms with van der Waals surface area (Å²) in [5.41, 5.74) is 0. The number of halogens is 3. The molecule has 5 nitrogen and oxygen atoms in total. The summed E-state index contributed by atoms with van der Waals surface area (Å²) in [6.45, 7) is 3.69. The van der Waals surface area contributed by atoms with Crippen LogP contribution in [0.4, 0.5) is 13.2 Å². The Balaban J connectivity index is 4.32. The molecular weight excluding hydrogens is 311 g/mol. The minimum atomic E-state index is -4.38. The average Bonchev–Trinajstić information content (AvgIpc) is 2.22. The molecule has 0 radical (unpaired) electrons. The van der Waals surface area contributed by atoms with Crippen LogP contribution in [0, 0.1) is 11.8 Å². The Bertz CT molecular complexity index is 421. The number of hydrogen-bond acceptors (Lipinski definition) is 3. The second-order valence-corrected chi connectivity index (χ2v) is 7.41. The first-order valence-corrected chi connectivity index (χ1v) is 8.32. The molecule has 0 aromatic rings. The van der Waals surface area contributed by atoms with Crippen LogP contribution in [0.5, 0.6) is 0 Å². The molecule has 1 unspecified atom stereocenters. The summed E-state index contributed by atoms with van der Waals surface area (Å²) in [5.74, 6) is -1.82. The van der Waals surface area contributed by atoms with E-state index in [-0.39, 0.29) is 24.8 Å². The van der Waals surface area contributed by atoms with Gasteiger partial charge in [0.25, 0.3) is 0 Å². The van der Waals surface area contributed by atoms with Crippen LogP contribution in [0.3, 0.4) is 0 Å². The van der Waals surface area contributed by atoms with Gasteiger partial charge in [-0.05, 0) is 24.7 Å². The van der Waals surface area contributed by atoms with Crippen LogP contribution in [0.2, 0.25) is 0 Å². The third-order valence-electron chi connectivity index (χ3n) is 2.73. The van der Waals surface area contributed by atoms with Crippen molar-refractivity contribution in [3.63, 3.8) is 0 Å². The minimum Gasteiger partial charge on any atom is -0.481 e. The lowest BCUT2D eigenvalue weighted by atomic mass is 9.94. The van der Waals surface area contributed by atoms with Crippen LogP contribution in [-0.4, -0.2) is 38.0 Å². The molecule has 1 atom stereocenters. The molecule has 0 saturated carbocycles. The zero-order chi connectivity index (χ0) is 16.7. The summed E-state index contributed by atoms with van der Waals surface area (Å²) in [6, 6.07) is 0. The number of hydrogen-bond donors (Lipinski definition) is 2. The van der Waals surface area contributed by atoms with Crippen LogP contribution >= 0.6 is 0 Å². The predicted molar refractivity (Wildman–Crippen MR) is 72.3 cm³/mol. The largest absolute Gasteiger partial charge is 0.481 e. The maximum Gasteiger partial charge on any atom is 0.389 e. The molecular formula is C12H22F3NO4S. The molecule has 0 fully saturated rings. The van der Waals surface area contributed by atoms with Crippen molar-refractivity contribution in [2.45, 2.75) is 45.7 Å². The van der Waals surface area contributed by atoms with E-state index in [1.165, 1.54) is 0 Å². The Labute approximate surface area is 123 Å². The molecule has 0 bridgehead atoms. The van der Waals surface area contributed by atoms with Crippen LogP contribution in [0.15, 0.2) is 0 Å². The molecule has 126 valence electrons. The van der Waals surface area contributed by atoms with Gasteiger partial charge >= 0.3 is 12.1 Å². The molecule has 0 aromatic heterocycles. The fourth-order valence-corrected chi connectivity index (χ4v) is 3.09. The number of alkyl halides is 3. The van der Waals surface area contributed by atoms with E-state index in [2.05, 4.69) is 4.72 Å². The van der Waals surface area contributed by atoms with Gasteiger partial charge in [0.05, 0.1) is 5.75 Å². The van der Waals surface area contributed by atoms with Crippen LogP contribution in [0.25, 0.3) is 0 Å². The molecule has 0 aliphatic carbocycles. The summed E-state index contributed by atoms with van der Waals surface area (Å²) in [7, 11) is -3.81. The van der Waals surface area contributed by atoms with E-state index in [1.54, 1.807) is 0 Å². The van der Waals surface area contributed by atoms with Crippen molar-refractivity contribution < 1.29 is 31.5 Å². The zero-order valence-corrected chi connectivity index (χ0v) is 12.9. The maximum atomic E-state index is 12.0. The zero-order valence-electron chi connectivity index (χ0n) is 12.1. The Morgan fingerprint density at radius 1 is 1.29 bits per heavy atom. The number of rotatable bonds is 10. The van der Waals surface area contributed by atoms with Gasteiger partial charge in [-0.2, -0.15) is 13.2 Å². The van der Waals surface area contributed by atoms with E-state index in [9.17, 15) is 26.4 Å². The number of carboxylic acids is 1. The van der Waals surface area contributed by atoms with Gasteiger partial charge in [-0.15, -0.1) is 0 Å². The Morgan fingerprint density at radius 2 is 1.86 bits per heavy atom. The van der Waals surface area contributed by atoms with Crippen LogP contribution < -0.4 is 4.72 Å². The van der Waals surface area contributed by atoms with E-state index in [1.807, 2.05) is 13.8 Å². The third-order valence-corrected chi connectivity index (χ3v) is 4.17. The fourth-order valence-electron chi connectivity index (χ4n) is 1.93. The van der Waals surface area contributed by atoms with Gasteiger partial charge in [0.1, 0.15) is 0 Å². The Hall–Kier alpha value is -0.830. The summed E-state index contributed by atoms with van der Waals surface area (Å²) in [4.78, 5) is 10.7. The van der Waals surface area contributed by atoms with E-state index in [0.29, 0.717) is 6.42 Å². The predicted octanol–water partition coefficient (Wildman–Crippen LogP) is 2.39. The van der Waals surface area contributed by atoms with Gasteiger partial charge in [0.15, 0.2) is 0 Å². The monoisotopic (exact) mass is 333 g/mol. The highest BCUT2D eigenvalue weighted by Crippen LogP contribution is 2.21. The van der Waals surface area contributed by atoms with Crippen LogP contribution in [0.1, 0.15) is 39.5 Å². The molecule has 0 aliphatic heterocycles. The maximum absolute atomic E-state index is 12.0. The highest BCUT2D eigenvalue weighted by atomic mass is 32.2. The number of sulfonamides is 1. The summed E-state index contributed by atoms with van der Waals surface area (Å²) >= 11 is 0. The van der Waals surface area contributed by atoms with E-state index in [4.69, 9.17) is 5.11 Å².